The maximum atomic E-state index is 12.7. The third-order valence-electron chi connectivity index (χ3n) is 9.65. The van der Waals surface area contributed by atoms with Crippen LogP contribution in [0.2, 0.25) is 0 Å². The zero-order chi connectivity index (χ0) is 41.2. The predicted octanol–water partition coefficient (Wildman–Crippen LogP) is 12.6. The summed E-state index contributed by atoms with van der Waals surface area (Å²) in [6, 6.07) is 0. The summed E-state index contributed by atoms with van der Waals surface area (Å²) in [5, 5.41) is 2.65. The summed E-state index contributed by atoms with van der Waals surface area (Å²) in [6.07, 6.45) is 39.1. The molecule has 1 amide bonds. The molecule has 0 bridgehead atoms. The molecule has 0 saturated heterocycles. The number of carbonyl (C=O) groups is 3. The second-order valence-electron chi connectivity index (χ2n) is 15.2. The highest BCUT2D eigenvalue weighted by molar-refractivity contribution is 7.47. The van der Waals surface area contributed by atoms with Crippen molar-refractivity contribution in [1.82, 2.24) is 5.32 Å². The molecule has 0 rings (SSSR count). The summed E-state index contributed by atoms with van der Waals surface area (Å²) < 4.78 is 33.6. The van der Waals surface area contributed by atoms with Crippen molar-refractivity contribution in [3.05, 3.63) is 24.3 Å². The maximum Gasteiger partial charge on any atom is 0.472 e. The third kappa shape index (κ3) is 40.2. The van der Waals surface area contributed by atoms with Crippen molar-refractivity contribution in [2.24, 2.45) is 0 Å². The van der Waals surface area contributed by atoms with Crippen molar-refractivity contribution >= 4 is 25.7 Å². The third-order valence-corrected chi connectivity index (χ3v) is 10.6. The van der Waals surface area contributed by atoms with E-state index in [0.717, 1.165) is 77.0 Å². The highest BCUT2D eigenvalue weighted by Crippen LogP contribution is 2.43. The molecule has 2 atom stereocenters. The number of esters is 2. The molecule has 10 nitrogen and oxygen atoms in total. The molecule has 0 aromatic heterocycles. The zero-order valence-corrected chi connectivity index (χ0v) is 37.0. The Hall–Kier alpha value is -2.00. The lowest BCUT2D eigenvalue weighted by Crippen LogP contribution is -2.30. The Balaban J connectivity index is 4.52. The first-order chi connectivity index (χ1) is 27.2. The highest BCUT2D eigenvalue weighted by Gasteiger charge is 2.26. The van der Waals surface area contributed by atoms with Crippen molar-refractivity contribution < 1.29 is 42.4 Å². The van der Waals surface area contributed by atoms with Crippen LogP contribution in [0.4, 0.5) is 0 Å². The molecule has 0 aromatic rings. The summed E-state index contributed by atoms with van der Waals surface area (Å²) in [7, 11) is -4.51. The van der Waals surface area contributed by atoms with E-state index < -0.39 is 32.5 Å². The van der Waals surface area contributed by atoms with Crippen LogP contribution in [-0.2, 0) is 37.5 Å². The number of nitrogens with one attached hydrogen (secondary N) is 1. The van der Waals surface area contributed by atoms with E-state index in [0.29, 0.717) is 12.8 Å². The van der Waals surface area contributed by atoms with Gasteiger partial charge >= 0.3 is 19.8 Å². The number of amides is 1. The molecule has 0 heterocycles. The van der Waals surface area contributed by atoms with Crippen molar-refractivity contribution in [2.75, 3.05) is 26.4 Å². The number of rotatable bonds is 42. The van der Waals surface area contributed by atoms with Gasteiger partial charge in [-0.1, -0.05) is 167 Å². The van der Waals surface area contributed by atoms with Crippen LogP contribution in [0.3, 0.4) is 0 Å². The lowest BCUT2D eigenvalue weighted by molar-refractivity contribution is -0.161. The molecule has 2 N–H and O–H groups in total. The van der Waals surface area contributed by atoms with Crippen LogP contribution in [0.15, 0.2) is 24.3 Å². The van der Waals surface area contributed by atoms with Gasteiger partial charge in [0.1, 0.15) is 6.61 Å². The zero-order valence-electron chi connectivity index (χ0n) is 36.1. The Labute approximate surface area is 342 Å². The smallest absolute Gasteiger partial charge is 0.462 e. The largest absolute Gasteiger partial charge is 0.472 e. The topological polar surface area (TPSA) is 137 Å². The minimum absolute atomic E-state index is 0.0572. The molecule has 1 unspecified atom stereocenters. The molecule has 0 spiro atoms. The molecule has 0 radical (unpaired) electrons. The Kier molecular flexibility index (Phi) is 39.7. The monoisotopic (exact) mass is 814 g/mol. The molecular formula is C45H84NO9P. The number of phosphoric ester groups is 1. The fourth-order valence-corrected chi connectivity index (χ4v) is 6.93. The molecule has 0 aliphatic carbocycles. The van der Waals surface area contributed by atoms with E-state index in [2.05, 4.69) is 50.4 Å². The first-order valence-electron chi connectivity index (χ1n) is 22.8. The lowest BCUT2D eigenvalue weighted by Gasteiger charge is -2.20. The summed E-state index contributed by atoms with van der Waals surface area (Å²) >= 11 is 0. The number of hydrogen-bond acceptors (Lipinski definition) is 8. The van der Waals surface area contributed by atoms with Crippen LogP contribution in [-0.4, -0.2) is 55.2 Å². The van der Waals surface area contributed by atoms with E-state index in [1.165, 1.54) is 89.9 Å². The van der Waals surface area contributed by atoms with Gasteiger partial charge in [0, 0.05) is 25.8 Å². The Morgan fingerprint density at radius 1 is 0.554 bits per heavy atom. The molecular weight excluding hydrogens is 729 g/mol. The van der Waals surface area contributed by atoms with E-state index in [9.17, 15) is 23.8 Å². The number of phosphoric acid groups is 1. The van der Waals surface area contributed by atoms with E-state index in [1.54, 1.807) is 0 Å². The van der Waals surface area contributed by atoms with Gasteiger partial charge in [-0.2, -0.15) is 0 Å². The minimum atomic E-state index is -4.51. The van der Waals surface area contributed by atoms with Gasteiger partial charge in [0.2, 0.25) is 5.91 Å². The number of hydrogen-bond donors (Lipinski definition) is 2. The van der Waals surface area contributed by atoms with Gasteiger partial charge in [-0.05, 0) is 51.4 Å². The predicted molar refractivity (Wildman–Crippen MR) is 229 cm³/mol. The normalized spacial score (nSPS) is 13.3. The first-order valence-corrected chi connectivity index (χ1v) is 24.3. The summed E-state index contributed by atoms with van der Waals surface area (Å²) in [5.41, 5.74) is 0. The average molecular weight is 814 g/mol. The summed E-state index contributed by atoms with van der Waals surface area (Å²) in [6.45, 7) is 5.60. The van der Waals surface area contributed by atoms with Crippen LogP contribution < -0.4 is 5.32 Å². The molecule has 0 aliphatic rings. The molecule has 56 heavy (non-hydrogen) atoms. The lowest BCUT2D eigenvalue weighted by atomic mass is 10.0. The molecule has 0 saturated carbocycles. The first kappa shape index (κ1) is 54.0. The van der Waals surface area contributed by atoms with Gasteiger partial charge in [0.05, 0.1) is 13.2 Å². The van der Waals surface area contributed by atoms with Gasteiger partial charge < -0.3 is 19.7 Å². The van der Waals surface area contributed by atoms with Crippen molar-refractivity contribution in [1.29, 1.82) is 0 Å². The second-order valence-corrected chi connectivity index (χ2v) is 16.6. The van der Waals surface area contributed by atoms with Gasteiger partial charge in [-0.25, -0.2) is 4.57 Å². The van der Waals surface area contributed by atoms with Crippen LogP contribution in [0.1, 0.15) is 213 Å². The average Bonchev–Trinajstić information content (AvgIpc) is 3.18. The standard InChI is InChI=1S/C45H84NO9P/c1-4-7-10-12-14-16-18-20-21-23-25-27-29-31-34-37-45(49)55-42(41-54-56(50,51)53-39-38-46-43(47)35-32-9-6-3)40-52-44(48)36-33-30-28-26-24-22-19-17-15-13-11-8-5-2/h14,16,20-21,42H,4-13,15,17-19,22-41H2,1-3H3,(H,46,47)(H,50,51)/b16-14-,21-20-/t42-/m1/s1. The quantitative estimate of drug-likeness (QED) is 0.0267. The van der Waals surface area contributed by atoms with Crippen LogP contribution in [0, 0.1) is 0 Å². The maximum absolute atomic E-state index is 12.7. The van der Waals surface area contributed by atoms with E-state index in [-0.39, 0.29) is 38.5 Å². The minimum Gasteiger partial charge on any atom is -0.462 e. The number of unbranched alkanes of at least 4 members (excludes halogenated alkanes) is 22. The summed E-state index contributed by atoms with van der Waals surface area (Å²) in [4.78, 5) is 47.3. The van der Waals surface area contributed by atoms with E-state index in [1.807, 2.05) is 0 Å². The van der Waals surface area contributed by atoms with Crippen molar-refractivity contribution in [3.63, 3.8) is 0 Å². The second kappa shape index (κ2) is 41.2. The molecule has 328 valence electrons. The van der Waals surface area contributed by atoms with Crippen molar-refractivity contribution in [3.8, 4) is 0 Å². The van der Waals surface area contributed by atoms with Gasteiger partial charge in [0.15, 0.2) is 6.10 Å². The molecule has 0 fully saturated rings. The number of carbonyl (C=O) groups excluding carboxylic acids is 3. The number of allylic oxidation sites excluding steroid dienone is 4. The van der Waals surface area contributed by atoms with Crippen LogP contribution in [0.25, 0.3) is 0 Å². The Bertz CT molecular complexity index is 1040. The summed E-state index contributed by atoms with van der Waals surface area (Å²) in [5.74, 6) is -1.02. The van der Waals surface area contributed by atoms with Crippen LogP contribution in [0.5, 0.6) is 0 Å². The Morgan fingerprint density at radius 3 is 1.57 bits per heavy atom. The van der Waals surface area contributed by atoms with E-state index in [4.69, 9.17) is 18.5 Å². The molecule has 0 aromatic carbocycles. The fourth-order valence-electron chi connectivity index (χ4n) is 6.18. The van der Waals surface area contributed by atoms with Gasteiger partial charge in [0.25, 0.3) is 0 Å². The van der Waals surface area contributed by atoms with Crippen LogP contribution >= 0.6 is 7.82 Å². The Morgan fingerprint density at radius 2 is 1.00 bits per heavy atom. The highest BCUT2D eigenvalue weighted by atomic mass is 31.2. The van der Waals surface area contributed by atoms with Gasteiger partial charge in [-0.3, -0.25) is 23.4 Å². The fraction of sp³-hybridized carbons (Fsp3) is 0.844. The molecule has 11 heteroatoms. The van der Waals surface area contributed by atoms with E-state index >= 15 is 0 Å². The van der Waals surface area contributed by atoms with Crippen molar-refractivity contribution in [2.45, 2.75) is 219 Å². The van der Waals surface area contributed by atoms with Gasteiger partial charge in [-0.15, -0.1) is 0 Å². The number of ether oxygens (including phenoxy) is 2. The SMILES string of the molecule is CCCCC/C=C\C/C=C\CCCCCCCC(=O)O[C@H](COC(=O)CCCCCCCCCCCCCCC)COP(=O)(O)OCCNC(=O)CCCCC. The molecule has 0 aliphatic heterocycles.